The van der Waals surface area contributed by atoms with Crippen LogP contribution in [0.5, 0.6) is 0 Å². The van der Waals surface area contributed by atoms with E-state index in [1.165, 1.54) is 77.4 Å². The highest BCUT2D eigenvalue weighted by Crippen LogP contribution is 2.27. The van der Waals surface area contributed by atoms with E-state index in [9.17, 15) is 0 Å². The van der Waals surface area contributed by atoms with Gasteiger partial charge in [-0.1, -0.05) is 32.1 Å². The molecule has 2 bridgehead atoms. The van der Waals surface area contributed by atoms with Crippen molar-refractivity contribution in [3.8, 4) is 0 Å². The van der Waals surface area contributed by atoms with Gasteiger partial charge < -0.3 is 10.2 Å². The minimum absolute atomic E-state index is 0. The predicted molar refractivity (Wildman–Crippen MR) is 79.4 cm³/mol. The molecule has 3 aliphatic rings. The molecular formula is C15H29ClN2. The number of fused-ring (bicyclic) bond motifs is 2. The summed E-state index contributed by atoms with van der Waals surface area (Å²) in [6.45, 7) is 4.04. The Morgan fingerprint density at radius 2 is 1.67 bits per heavy atom. The number of likely N-dealkylation sites (tertiary alicyclic amines) is 1. The Morgan fingerprint density at radius 1 is 0.889 bits per heavy atom. The summed E-state index contributed by atoms with van der Waals surface area (Å²) >= 11 is 0. The average molecular weight is 273 g/mol. The molecular weight excluding hydrogens is 244 g/mol. The lowest BCUT2D eigenvalue weighted by molar-refractivity contribution is 0.222. The van der Waals surface area contributed by atoms with Gasteiger partial charge >= 0.3 is 0 Å². The van der Waals surface area contributed by atoms with E-state index < -0.39 is 0 Å². The highest BCUT2D eigenvalue weighted by molar-refractivity contribution is 5.85. The Morgan fingerprint density at radius 3 is 2.50 bits per heavy atom. The van der Waals surface area contributed by atoms with Gasteiger partial charge in [0, 0.05) is 18.6 Å². The van der Waals surface area contributed by atoms with Crippen LogP contribution >= 0.6 is 12.4 Å². The number of halogens is 1. The second-order valence-corrected chi connectivity index (χ2v) is 6.52. The van der Waals surface area contributed by atoms with Crippen LogP contribution in [-0.2, 0) is 0 Å². The van der Waals surface area contributed by atoms with Crippen molar-refractivity contribution in [2.24, 2.45) is 5.92 Å². The molecule has 106 valence electrons. The summed E-state index contributed by atoms with van der Waals surface area (Å²) in [5, 5.41) is 3.78. The number of hydrogen-bond donors (Lipinski definition) is 1. The van der Waals surface area contributed by atoms with Gasteiger partial charge in [0.25, 0.3) is 0 Å². The van der Waals surface area contributed by atoms with Crippen LogP contribution in [-0.4, -0.2) is 36.6 Å². The molecule has 1 saturated carbocycles. The molecule has 3 heteroatoms. The number of nitrogens with one attached hydrogen (secondary N) is 1. The molecule has 2 saturated heterocycles. The molecule has 2 aliphatic heterocycles. The Labute approximate surface area is 118 Å². The minimum atomic E-state index is 0. The molecule has 0 amide bonds. The Bertz CT molecular complexity index is 241. The van der Waals surface area contributed by atoms with Gasteiger partial charge in [-0.3, -0.25) is 0 Å². The molecule has 1 N–H and O–H groups in total. The van der Waals surface area contributed by atoms with E-state index in [4.69, 9.17) is 0 Å². The summed E-state index contributed by atoms with van der Waals surface area (Å²) in [4.78, 5) is 2.74. The third-order valence-corrected chi connectivity index (χ3v) is 5.19. The van der Waals surface area contributed by atoms with Crippen molar-refractivity contribution < 1.29 is 0 Å². The molecule has 3 fully saturated rings. The van der Waals surface area contributed by atoms with Gasteiger partial charge in [0.1, 0.15) is 0 Å². The van der Waals surface area contributed by atoms with Crippen molar-refractivity contribution in [2.45, 2.75) is 69.9 Å². The van der Waals surface area contributed by atoms with E-state index in [0.717, 1.165) is 18.0 Å². The van der Waals surface area contributed by atoms with Crippen molar-refractivity contribution in [1.82, 2.24) is 10.2 Å². The van der Waals surface area contributed by atoms with Crippen LogP contribution in [0.25, 0.3) is 0 Å². The van der Waals surface area contributed by atoms with E-state index in [-0.39, 0.29) is 12.4 Å². The molecule has 0 spiro atoms. The van der Waals surface area contributed by atoms with E-state index in [2.05, 4.69) is 10.2 Å². The third kappa shape index (κ3) is 3.85. The number of rotatable bonds is 3. The van der Waals surface area contributed by atoms with Gasteiger partial charge in [0.2, 0.25) is 0 Å². The van der Waals surface area contributed by atoms with Crippen LogP contribution < -0.4 is 5.32 Å². The monoisotopic (exact) mass is 272 g/mol. The number of nitrogens with zero attached hydrogens (tertiary/aromatic N) is 1. The quantitative estimate of drug-likeness (QED) is 0.849. The maximum atomic E-state index is 3.78. The average Bonchev–Trinajstić information content (AvgIpc) is 2.70. The summed E-state index contributed by atoms with van der Waals surface area (Å²) in [7, 11) is 0. The molecule has 18 heavy (non-hydrogen) atoms. The van der Waals surface area contributed by atoms with Gasteiger partial charge in [-0.25, -0.2) is 0 Å². The van der Waals surface area contributed by atoms with E-state index >= 15 is 0 Å². The molecule has 2 atom stereocenters. The van der Waals surface area contributed by atoms with E-state index in [0.29, 0.717) is 0 Å². The molecule has 2 nitrogen and oxygen atoms in total. The summed E-state index contributed by atoms with van der Waals surface area (Å²) in [6.07, 6.45) is 13.2. The topological polar surface area (TPSA) is 15.3 Å². The van der Waals surface area contributed by atoms with Crippen molar-refractivity contribution in [2.75, 3.05) is 19.6 Å². The third-order valence-electron chi connectivity index (χ3n) is 5.19. The van der Waals surface area contributed by atoms with Crippen molar-refractivity contribution in [3.05, 3.63) is 0 Å². The molecule has 0 radical (unpaired) electrons. The fourth-order valence-electron chi connectivity index (χ4n) is 4.06. The first kappa shape index (κ1) is 14.6. The van der Waals surface area contributed by atoms with Crippen molar-refractivity contribution >= 4 is 12.4 Å². The normalized spacial score (nSPS) is 34.0. The lowest BCUT2D eigenvalue weighted by Crippen LogP contribution is -2.36. The van der Waals surface area contributed by atoms with Crippen LogP contribution in [0.2, 0.25) is 0 Å². The van der Waals surface area contributed by atoms with Gasteiger partial charge in [-0.2, -0.15) is 0 Å². The fraction of sp³-hybridized carbons (Fsp3) is 1.00. The molecule has 3 rings (SSSR count). The van der Waals surface area contributed by atoms with Crippen LogP contribution in [0, 0.1) is 5.92 Å². The van der Waals surface area contributed by atoms with E-state index in [1.54, 1.807) is 0 Å². The van der Waals surface area contributed by atoms with Crippen LogP contribution in [0.15, 0.2) is 0 Å². The Balaban J connectivity index is 0.00000120. The second kappa shape index (κ2) is 7.12. The lowest BCUT2D eigenvalue weighted by atomic mass is 9.87. The zero-order valence-corrected chi connectivity index (χ0v) is 12.4. The van der Waals surface area contributed by atoms with Crippen LogP contribution in [0.4, 0.5) is 0 Å². The predicted octanol–water partition coefficient (Wildman–Crippen LogP) is 3.20. The highest BCUT2D eigenvalue weighted by atomic mass is 35.5. The smallest absolute Gasteiger partial charge is 0.0198 e. The highest BCUT2D eigenvalue weighted by Gasteiger charge is 2.29. The van der Waals surface area contributed by atoms with Crippen molar-refractivity contribution in [1.29, 1.82) is 0 Å². The van der Waals surface area contributed by atoms with E-state index in [1.807, 2.05) is 0 Å². The maximum absolute atomic E-state index is 3.78. The standard InChI is InChI=1S/C15H28N2.ClH/c1-2-4-13(5-3-1)8-10-17-11-9-14-6-7-15(12-17)16-14;/h13-16H,1-12H2;1H. The zero-order valence-electron chi connectivity index (χ0n) is 11.6. The first-order valence-electron chi connectivity index (χ1n) is 7.88. The van der Waals surface area contributed by atoms with Gasteiger partial charge in [0.05, 0.1) is 0 Å². The number of hydrogen-bond acceptors (Lipinski definition) is 2. The molecule has 2 unspecified atom stereocenters. The van der Waals surface area contributed by atoms with Crippen LogP contribution in [0.1, 0.15) is 57.8 Å². The largest absolute Gasteiger partial charge is 0.310 e. The first-order chi connectivity index (χ1) is 8.40. The van der Waals surface area contributed by atoms with Gasteiger partial charge in [-0.05, 0) is 44.7 Å². The fourth-order valence-corrected chi connectivity index (χ4v) is 4.06. The van der Waals surface area contributed by atoms with Crippen molar-refractivity contribution in [3.63, 3.8) is 0 Å². The second-order valence-electron chi connectivity index (χ2n) is 6.52. The summed E-state index contributed by atoms with van der Waals surface area (Å²) in [5.41, 5.74) is 0. The summed E-state index contributed by atoms with van der Waals surface area (Å²) in [6, 6.07) is 1.66. The summed E-state index contributed by atoms with van der Waals surface area (Å²) < 4.78 is 0. The van der Waals surface area contributed by atoms with Crippen LogP contribution in [0.3, 0.4) is 0 Å². The SMILES string of the molecule is C1CCC(CCN2CCC3CCC(C2)N3)CC1.Cl. The lowest BCUT2D eigenvalue weighted by Gasteiger charge is -2.27. The van der Waals surface area contributed by atoms with Gasteiger partial charge in [-0.15, -0.1) is 12.4 Å². The molecule has 0 aromatic heterocycles. The molecule has 1 aliphatic carbocycles. The van der Waals surface area contributed by atoms with Gasteiger partial charge in [0.15, 0.2) is 0 Å². The first-order valence-corrected chi connectivity index (χ1v) is 7.88. The summed E-state index contributed by atoms with van der Waals surface area (Å²) in [5.74, 6) is 1.05. The maximum Gasteiger partial charge on any atom is 0.0198 e. The molecule has 0 aromatic rings. The molecule has 0 aromatic carbocycles. The molecule has 2 heterocycles. The minimum Gasteiger partial charge on any atom is -0.310 e. The Hall–Kier alpha value is 0.210. The Kier molecular flexibility index (Phi) is 5.78. The zero-order chi connectivity index (χ0) is 11.5.